The van der Waals surface area contributed by atoms with Gasteiger partial charge in [-0.3, -0.25) is 9.80 Å². The number of piperazine rings is 1. The molecule has 2 aliphatic heterocycles. The second-order valence-corrected chi connectivity index (χ2v) is 6.34. The van der Waals surface area contributed by atoms with Gasteiger partial charge in [0.05, 0.1) is 6.10 Å². The van der Waals surface area contributed by atoms with Gasteiger partial charge in [0.2, 0.25) is 0 Å². The third kappa shape index (κ3) is 2.95. The molecule has 0 radical (unpaired) electrons. The first-order valence-electron chi connectivity index (χ1n) is 7.02. The highest BCUT2D eigenvalue weighted by Crippen LogP contribution is 2.26. The maximum Gasteiger partial charge on any atom is 0.0682 e. The van der Waals surface area contributed by atoms with Gasteiger partial charge in [-0.1, -0.05) is 23.7 Å². The van der Waals surface area contributed by atoms with Crippen LogP contribution in [-0.4, -0.2) is 52.7 Å². The number of halogens is 1. The van der Waals surface area contributed by atoms with Gasteiger partial charge in [-0.05, 0) is 31.0 Å². The van der Waals surface area contributed by atoms with Crippen LogP contribution in [-0.2, 0) is 6.54 Å². The molecule has 2 saturated heterocycles. The van der Waals surface area contributed by atoms with E-state index >= 15 is 0 Å². The number of aliphatic hydroxyl groups excluding tert-OH is 1. The standard InChI is InChI=1S/C15H21ClN2O/c1-11-7-18-10-15(19)6-14(18)9-17(11)8-12-3-2-4-13(16)5-12/h2-5,11,14-15,19H,6-10H2,1H3/t11-,14-,15-/m1/s1. The van der Waals surface area contributed by atoms with Crippen molar-refractivity contribution in [3.8, 4) is 0 Å². The molecule has 1 N–H and O–H groups in total. The SMILES string of the molecule is C[C@@H]1CN2C[C@H](O)C[C@@H]2CN1Cc1cccc(Cl)c1. The quantitative estimate of drug-likeness (QED) is 0.897. The maximum atomic E-state index is 9.78. The zero-order valence-electron chi connectivity index (χ0n) is 11.3. The van der Waals surface area contributed by atoms with E-state index in [0.717, 1.165) is 37.6 Å². The van der Waals surface area contributed by atoms with Crippen LogP contribution in [0.5, 0.6) is 0 Å². The van der Waals surface area contributed by atoms with E-state index in [4.69, 9.17) is 11.6 Å². The van der Waals surface area contributed by atoms with Crippen molar-refractivity contribution in [2.45, 2.75) is 38.1 Å². The van der Waals surface area contributed by atoms with E-state index in [1.807, 2.05) is 18.2 Å². The number of benzene rings is 1. The Hall–Kier alpha value is -0.610. The Morgan fingerprint density at radius 2 is 2.16 bits per heavy atom. The summed E-state index contributed by atoms with van der Waals surface area (Å²) >= 11 is 6.05. The molecular weight excluding hydrogens is 260 g/mol. The van der Waals surface area contributed by atoms with Crippen LogP contribution in [0.1, 0.15) is 18.9 Å². The van der Waals surface area contributed by atoms with Crippen LogP contribution in [0.25, 0.3) is 0 Å². The minimum Gasteiger partial charge on any atom is -0.392 e. The predicted molar refractivity (Wildman–Crippen MR) is 77.3 cm³/mol. The van der Waals surface area contributed by atoms with Crippen molar-refractivity contribution in [2.75, 3.05) is 19.6 Å². The van der Waals surface area contributed by atoms with Gasteiger partial charge in [-0.2, -0.15) is 0 Å². The van der Waals surface area contributed by atoms with Crippen LogP contribution in [0.15, 0.2) is 24.3 Å². The molecule has 2 heterocycles. The molecule has 2 fully saturated rings. The monoisotopic (exact) mass is 280 g/mol. The van der Waals surface area contributed by atoms with E-state index < -0.39 is 0 Å². The van der Waals surface area contributed by atoms with E-state index in [1.165, 1.54) is 5.56 Å². The van der Waals surface area contributed by atoms with Crippen molar-refractivity contribution in [2.24, 2.45) is 0 Å². The highest BCUT2D eigenvalue weighted by atomic mass is 35.5. The van der Waals surface area contributed by atoms with Crippen molar-refractivity contribution in [3.63, 3.8) is 0 Å². The smallest absolute Gasteiger partial charge is 0.0682 e. The molecule has 104 valence electrons. The molecule has 4 heteroatoms. The van der Waals surface area contributed by atoms with Gasteiger partial charge in [0.25, 0.3) is 0 Å². The van der Waals surface area contributed by atoms with E-state index in [9.17, 15) is 5.11 Å². The Morgan fingerprint density at radius 1 is 1.32 bits per heavy atom. The molecule has 0 aromatic heterocycles. The Bertz CT molecular complexity index is 454. The van der Waals surface area contributed by atoms with Crippen LogP contribution in [0.4, 0.5) is 0 Å². The summed E-state index contributed by atoms with van der Waals surface area (Å²) in [6.07, 6.45) is 0.780. The first-order chi connectivity index (χ1) is 9.11. The molecule has 3 nitrogen and oxygen atoms in total. The van der Waals surface area contributed by atoms with Crippen LogP contribution in [0.2, 0.25) is 5.02 Å². The number of nitrogens with zero attached hydrogens (tertiary/aromatic N) is 2. The van der Waals surface area contributed by atoms with Crippen molar-refractivity contribution in [1.29, 1.82) is 0 Å². The summed E-state index contributed by atoms with van der Waals surface area (Å²) in [7, 11) is 0. The van der Waals surface area contributed by atoms with Gasteiger partial charge in [-0.25, -0.2) is 0 Å². The zero-order valence-corrected chi connectivity index (χ0v) is 12.1. The van der Waals surface area contributed by atoms with E-state index in [0.29, 0.717) is 12.1 Å². The molecule has 0 spiro atoms. The van der Waals surface area contributed by atoms with Crippen molar-refractivity contribution < 1.29 is 5.11 Å². The lowest BCUT2D eigenvalue weighted by Crippen LogP contribution is -2.54. The Balaban J connectivity index is 1.68. The largest absolute Gasteiger partial charge is 0.392 e. The Labute approximate surface area is 119 Å². The highest BCUT2D eigenvalue weighted by molar-refractivity contribution is 6.30. The normalized spacial score (nSPS) is 32.5. The van der Waals surface area contributed by atoms with Crippen molar-refractivity contribution >= 4 is 11.6 Å². The fraction of sp³-hybridized carbons (Fsp3) is 0.600. The van der Waals surface area contributed by atoms with Gasteiger partial charge >= 0.3 is 0 Å². The molecule has 3 rings (SSSR count). The fourth-order valence-electron chi connectivity index (χ4n) is 3.37. The van der Waals surface area contributed by atoms with Crippen LogP contribution < -0.4 is 0 Å². The molecule has 19 heavy (non-hydrogen) atoms. The fourth-order valence-corrected chi connectivity index (χ4v) is 3.58. The molecule has 0 bridgehead atoms. The first kappa shape index (κ1) is 13.4. The lowest BCUT2D eigenvalue weighted by Gasteiger charge is -2.42. The average Bonchev–Trinajstić information content (AvgIpc) is 2.69. The second-order valence-electron chi connectivity index (χ2n) is 5.91. The van der Waals surface area contributed by atoms with Gasteiger partial charge in [0.1, 0.15) is 0 Å². The summed E-state index contributed by atoms with van der Waals surface area (Å²) in [6.45, 7) is 6.17. The van der Waals surface area contributed by atoms with Gasteiger partial charge in [-0.15, -0.1) is 0 Å². The van der Waals surface area contributed by atoms with Crippen LogP contribution >= 0.6 is 11.6 Å². The summed E-state index contributed by atoms with van der Waals surface area (Å²) in [5.74, 6) is 0. The van der Waals surface area contributed by atoms with E-state index in [-0.39, 0.29) is 6.10 Å². The molecule has 0 aliphatic carbocycles. The molecule has 3 atom stereocenters. The third-order valence-corrected chi connectivity index (χ3v) is 4.58. The molecule has 1 aromatic carbocycles. The molecule has 0 amide bonds. The van der Waals surface area contributed by atoms with E-state index in [1.54, 1.807) is 0 Å². The number of rotatable bonds is 2. The molecule has 2 aliphatic rings. The summed E-state index contributed by atoms with van der Waals surface area (Å²) in [5.41, 5.74) is 1.27. The minimum atomic E-state index is -0.136. The summed E-state index contributed by atoms with van der Waals surface area (Å²) in [6, 6.07) is 9.15. The first-order valence-corrected chi connectivity index (χ1v) is 7.40. The second kappa shape index (κ2) is 5.41. The van der Waals surface area contributed by atoms with Gasteiger partial charge in [0.15, 0.2) is 0 Å². The van der Waals surface area contributed by atoms with Crippen molar-refractivity contribution in [1.82, 2.24) is 9.80 Å². The van der Waals surface area contributed by atoms with Crippen molar-refractivity contribution in [3.05, 3.63) is 34.9 Å². The topological polar surface area (TPSA) is 26.7 Å². The number of fused-ring (bicyclic) bond motifs is 1. The molecule has 1 aromatic rings. The lowest BCUT2D eigenvalue weighted by molar-refractivity contribution is 0.0528. The number of hydrogen-bond acceptors (Lipinski definition) is 3. The van der Waals surface area contributed by atoms with Gasteiger partial charge < -0.3 is 5.11 Å². The summed E-state index contributed by atoms with van der Waals surface area (Å²) in [5, 5.41) is 10.6. The third-order valence-electron chi connectivity index (χ3n) is 4.35. The van der Waals surface area contributed by atoms with E-state index in [2.05, 4.69) is 22.8 Å². The zero-order chi connectivity index (χ0) is 13.4. The average molecular weight is 281 g/mol. The highest BCUT2D eigenvalue weighted by Gasteiger charge is 2.37. The minimum absolute atomic E-state index is 0.136. The Kier molecular flexibility index (Phi) is 3.81. The molecular formula is C15H21ClN2O. The summed E-state index contributed by atoms with van der Waals surface area (Å²) < 4.78 is 0. The summed E-state index contributed by atoms with van der Waals surface area (Å²) in [4.78, 5) is 4.94. The van der Waals surface area contributed by atoms with Crippen LogP contribution in [0, 0.1) is 0 Å². The molecule has 0 unspecified atom stereocenters. The number of aliphatic hydroxyl groups is 1. The Morgan fingerprint density at radius 3 is 2.95 bits per heavy atom. The maximum absolute atomic E-state index is 9.78. The molecule has 0 saturated carbocycles. The number of hydrogen-bond donors (Lipinski definition) is 1. The predicted octanol–water partition coefficient (Wildman–Crippen LogP) is 1.98. The van der Waals surface area contributed by atoms with Crippen LogP contribution in [0.3, 0.4) is 0 Å². The van der Waals surface area contributed by atoms with Gasteiger partial charge in [0, 0.05) is 43.3 Å². The lowest BCUT2D eigenvalue weighted by atomic mass is 10.1.